The Morgan fingerprint density at radius 3 is 2.57 bits per heavy atom. The number of anilines is 1. The molecule has 1 aromatic rings. The number of nitrogens with two attached hydrogens (primary N) is 1. The number of thiophene rings is 1. The van der Waals surface area contributed by atoms with Crippen molar-refractivity contribution in [2.24, 2.45) is 5.73 Å². The number of amides is 2. The summed E-state index contributed by atoms with van der Waals surface area (Å²) in [5.74, 6) is -1.33. The number of alkyl halides is 1. The van der Waals surface area contributed by atoms with Gasteiger partial charge >= 0.3 is 0 Å². The molecule has 2 heterocycles. The average Bonchev–Trinajstić information content (AvgIpc) is 2.91. The zero-order chi connectivity index (χ0) is 16.7. The van der Waals surface area contributed by atoms with Crippen molar-refractivity contribution >= 4 is 44.1 Å². The lowest BCUT2D eigenvalue weighted by Gasteiger charge is -2.27. The van der Waals surface area contributed by atoms with Crippen molar-refractivity contribution in [3.05, 3.63) is 27.3 Å². The van der Waals surface area contributed by atoms with Gasteiger partial charge in [-0.15, -0.1) is 11.3 Å². The highest BCUT2D eigenvalue weighted by Crippen LogP contribution is 2.41. The van der Waals surface area contributed by atoms with Crippen molar-refractivity contribution < 1.29 is 9.59 Å². The molecule has 1 aliphatic heterocycles. The number of imide groups is 1. The molecule has 1 aromatic heterocycles. The topological polar surface area (TPSA) is 111 Å². The van der Waals surface area contributed by atoms with Crippen LogP contribution in [0.5, 0.6) is 0 Å². The van der Waals surface area contributed by atoms with Crippen LogP contribution in [0.15, 0.2) is 11.3 Å². The Kier molecular flexibility index (Phi) is 3.97. The third kappa shape index (κ3) is 2.26. The van der Waals surface area contributed by atoms with Gasteiger partial charge in [-0.3, -0.25) is 9.59 Å². The van der Waals surface area contributed by atoms with E-state index in [9.17, 15) is 14.9 Å². The van der Waals surface area contributed by atoms with Crippen molar-refractivity contribution in [3.8, 4) is 12.1 Å². The molecule has 2 amide bonds. The smallest absolute Gasteiger partial charge is 0.278 e. The Balaban J connectivity index is 2.18. The number of carbonyl (C=O) groups is 2. The standard InChI is InChI=1S/C15H11BrN4O2S/c16-11-12(19)9(6-18)13(21)20(14(11)22)15-8(5-17)7-3-1-2-4-10(7)23-15/h11H,1-4,19H2. The largest absolute Gasteiger partial charge is 0.399 e. The van der Waals surface area contributed by atoms with Crippen LogP contribution in [0.1, 0.15) is 28.8 Å². The molecule has 8 heteroatoms. The Labute approximate surface area is 144 Å². The number of nitrogens with zero attached hydrogens (tertiary/aromatic N) is 3. The summed E-state index contributed by atoms with van der Waals surface area (Å²) >= 11 is 4.41. The number of rotatable bonds is 1. The van der Waals surface area contributed by atoms with Gasteiger partial charge in [-0.1, -0.05) is 15.9 Å². The molecule has 0 radical (unpaired) electrons. The van der Waals surface area contributed by atoms with Crippen LogP contribution >= 0.6 is 27.3 Å². The second kappa shape index (κ2) is 5.80. The summed E-state index contributed by atoms with van der Waals surface area (Å²) < 4.78 is 0. The molecule has 0 bridgehead atoms. The van der Waals surface area contributed by atoms with Crippen LogP contribution in [0.4, 0.5) is 5.00 Å². The first kappa shape index (κ1) is 15.7. The second-order valence-corrected chi connectivity index (χ2v) is 7.29. The Morgan fingerprint density at radius 1 is 1.22 bits per heavy atom. The molecule has 116 valence electrons. The highest BCUT2D eigenvalue weighted by molar-refractivity contribution is 9.10. The summed E-state index contributed by atoms with van der Waals surface area (Å²) in [5.41, 5.74) is 6.64. The van der Waals surface area contributed by atoms with Gasteiger partial charge in [0.2, 0.25) is 0 Å². The van der Waals surface area contributed by atoms with Crippen LogP contribution < -0.4 is 10.6 Å². The fourth-order valence-electron chi connectivity index (χ4n) is 2.84. The van der Waals surface area contributed by atoms with Crippen molar-refractivity contribution in [2.75, 3.05) is 4.90 Å². The van der Waals surface area contributed by atoms with Crippen LogP contribution in [0.3, 0.4) is 0 Å². The minimum absolute atomic E-state index is 0.0847. The molecule has 2 aliphatic rings. The van der Waals surface area contributed by atoms with E-state index < -0.39 is 16.6 Å². The number of halogens is 1. The van der Waals surface area contributed by atoms with Crippen molar-refractivity contribution in [1.29, 1.82) is 10.5 Å². The molecule has 3 rings (SSSR count). The van der Waals surface area contributed by atoms with Gasteiger partial charge in [0.25, 0.3) is 11.8 Å². The van der Waals surface area contributed by atoms with Gasteiger partial charge in [0.05, 0.1) is 11.3 Å². The van der Waals surface area contributed by atoms with Gasteiger partial charge in [0.1, 0.15) is 27.5 Å². The summed E-state index contributed by atoms with van der Waals surface area (Å²) in [6.07, 6.45) is 3.62. The number of carbonyl (C=O) groups excluding carboxylic acids is 2. The van der Waals surface area contributed by atoms with E-state index in [0.717, 1.165) is 41.0 Å². The molecule has 0 aromatic carbocycles. The van der Waals surface area contributed by atoms with E-state index in [1.165, 1.54) is 11.3 Å². The van der Waals surface area contributed by atoms with E-state index in [0.29, 0.717) is 10.6 Å². The van der Waals surface area contributed by atoms with E-state index in [1.807, 2.05) is 0 Å². The maximum atomic E-state index is 12.5. The first-order valence-corrected chi connectivity index (χ1v) is 8.71. The molecule has 0 saturated heterocycles. The van der Waals surface area contributed by atoms with Gasteiger partial charge in [-0.2, -0.15) is 10.5 Å². The maximum Gasteiger partial charge on any atom is 0.278 e. The molecule has 0 saturated carbocycles. The summed E-state index contributed by atoms with van der Waals surface area (Å²) in [6, 6.07) is 3.88. The van der Waals surface area contributed by atoms with Crippen LogP contribution in [-0.4, -0.2) is 16.6 Å². The van der Waals surface area contributed by atoms with Crippen LogP contribution in [0.2, 0.25) is 0 Å². The first-order chi connectivity index (χ1) is 11.0. The summed E-state index contributed by atoms with van der Waals surface area (Å²) in [4.78, 5) is 26.1. The summed E-state index contributed by atoms with van der Waals surface area (Å²) in [7, 11) is 0. The number of aryl methyl sites for hydroxylation is 1. The van der Waals surface area contributed by atoms with E-state index in [1.54, 1.807) is 6.07 Å². The molecule has 6 nitrogen and oxygen atoms in total. The molecule has 1 unspecified atom stereocenters. The van der Waals surface area contributed by atoms with Crippen LogP contribution in [0, 0.1) is 22.7 Å². The number of nitriles is 2. The lowest BCUT2D eigenvalue weighted by Crippen LogP contribution is -2.48. The second-order valence-electron chi connectivity index (χ2n) is 5.29. The zero-order valence-corrected chi connectivity index (χ0v) is 14.3. The molecule has 23 heavy (non-hydrogen) atoms. The molecular formula is C15H11BrN4O2S. The summed E-state index contributed by atoms with van der Waals surface area (Å²) in [5, 5.41) is 19.0. The van der Waals surface area contributed by atoms with Gasteiger partial charge in [0.15, 0.2) is 0 Å². The Morgan fingerprint density at radius 2 is 1.91 bits per heavy atom. The van der Waals surface area contributed by atoms with E-state index in [4.69, 9.17) is 11.0 Å². The number of hydrogen-bond acceptors (Lipinski definition) is 6. The van der Waals surface area contributed by atoms with Crippen molar-refractivity contribution in [2.45, 2.75) is 30.5 Å². The van der Waals surface area contributed by atoms with Gasteiger partial charge in [-0.25, -0.2) is 4.90 Å². The van der Waals surface area contributed by atoms with Crippen molar-refractivity contribution in [1.82, 2.24) is 0 Å². The molecule has 1 aliphatic carbocycles. The minimum Gasteiger partial charge on any atom is -0.399 e. The average molecular weight is 391 g/mol. The van der Waals surface area contributed by atoms with Crippen LogP contribution in [0.25, 0.3) is 0 Å². The van der Waals surface area contributed by atoms with Gasteiger partial charge < -0.3 is 5.73 Å². The summed E-state index contributed by atoms with van der Waals surface area (Å²) in [6.45, 7) is 0. The first-order valence-electron chi connectivity index (χ1n) is 6.98. The third-order valence-electron chi connectivity index (χ3n) is 4.00. The molecule has 2 N–H and O–H groups in total. The van der Waals surface area contributed by atoms with Crippen LogP contribution in [-0.2, 0) is 22.4 Å². The lowest BCUT2D eigenvalue weighted by molar-refractivity contribution is -0.124. The van der Waals surface area contributed by atoms with E-state index >= 15 is 0 Å². The molecule has 0 spiro atoms. The normalized spacial score (nSPS) is 21.0. The predicted molar refractivity (Wildman–Crippen MR) is 87.7 cm³/mol. The molecule has 0 fully saturated rings. The minimum atomic E-state index is -0.944. The third-order valence-corrected chi connectivity index (χ3v) is 6.16. The fraction of sp³-hybridized carbons (Fsp3) is 0.333. The number of hydrogen-bond donors (Lipinski definition) is 1. The Bertz CT molecular complexity index is 843. The highest BCUT2D eigenvalue weighted by Gasteiger charge is 2.42. The lowest BCUT2D eigenvalue weighted by atomic mass is 9.95. The number of fused-ring (bicyclic) bond motifs is 1. The quantitative estimate of drug-likeness (QED) is 0.580. The highest BCUT2D eigenvalue weighted by atomic mass is 79.9. The van der Waals surface area contributed by atoms with Gasteiger partial charge in [0, 0.05) is 4.88 Å². The SMILES string of the molecule is N#CC1=C(N)C(Br)C(=O)N(c2sc3c(c2C#N)CCCC3)C1=O. The zero-order valence-electron chi connectivity index (χ0n) is 11.9. The molecule has 1 atom stereocenters. The fourth-order valence-corrected chi connectivity index (χ4v) is 4.61. The molecular weight excluding hydrogens is 380 g/mol. The van der Waals surface area contributed by atoms with E-state index in [-0.39, 0.29) is 11.3 Å². The van der Waals surface area contributed by atoms with Gasteiger partial charge in [-0.05, 0) is 31.2 Å². The van der Waals surface area contributed by atoms with Crippen molar-refractivity contribution in [3.63, 3.8) is 0 Å². The Hall–Kier alpha value is -2.16. The van der Waals surface area contributed by atoms with E-state index in [2.05, 4.69) is 22.0 Å². The monoisotopic (exact) mass is 390 g/mol. The maximum absolute atomic E-state index is 12.5. The predicted octanol–water partition coefficient (Wildman–Crippen LogP) is 1.87.